The Bertz CT molecular complexity index is 408. The van der Waals surface area contributed by atoms with Gasteiger partial charge in [-0.1, -0.05) is 6.42 Å². The minimum Gasteiger partial charge on any atom is -0.466 e. The largest absolute Gasteiger partial charge is 0.466 e. The fourth-order valence-corrected chi connectivity index (χ4v) is 2.55. The number of nitrogens with one attached hydrogen (secondary N) is 2. The smallest absolute Gasteiger partial charge is 0.227 e. The average Bonchev–Trinajstić information content (AvgIpc) is 2.67. The number of hydrogen-bond donors (Lipinski definition) is 2. The molecule has 1 fully saturated rings. The van der Waals surface area contributed by atoms with Crippen molar-refractivity contribution in [3.8, 4) is 0 Å². The standard InChI is InChI=1S/C14H22N2O2/c1-11-4-5-12(18-11)8-13(17)16-10-14(9-15-2)6-3-7-14/h4-5,15H,3,6-10H2,1-2H3,(H,16,17). The van der Waals surface area contributed by atoms with Crippen LogP contribution in [0.5, 0.6) is 0 Å². The first-order valence-corrected chi connectivity index (χ1v) is 6.60. The average molecular weight is 250 g/mol. The number of rotatable bonds is 6. The molecule has 4 heteroatoms. The number of amides is 1. The maximum absolute atomic E-state index is 11.8. The van der Waals surface area contributed by atoms with Gasteiger partial charge in [0.25, 0.3) is 0 Å². The van der Waals surface area contributed by atoms with E-state index in [1.807, 2.05) is 26.1 Å². The second-order valence-corrected chi connectivity index (χ2v) is 5.35. The zero-order valence-electron chi connectivity index (χ0n) is 11.2. The van der Waals surface area contributed by atoms with Crippen molar-refractivity contribution in [3.05, 3.63) is 23.7 Å². The Kier molecular flexibility index (Phi) is 4.07. The quantitative estimate of drug-likeness (QED) is 0.807. The molecule has 1 heterocycles. The van der Waals surface area contributed by atoms with Crippen LogP contribution in [0.4, 0.5) is 0 Å². The van der Waals surface area contributed by atoms with Crippen molar-refractivity contribution >= 4 is 5.91 Å². The lowest BCUT2D eigenvalue weighted by atomic mass is 9.68. The Morgan fingerprint density at radius 1 is 1.39 bits per heavy atom. The minimum atomic E-state index is 0.0479. The van der Waals surface area contributed by atoms with Gasteiger partial charge >= 0.3 is 0 Å². The molecule has 2 rings (SSSR count). The molecular formula is C14H22N2O2. The molecule has 18 heavy (non-hydrogen) atoms. The van der Waals surface area contributed by atoms with Gasteiger partial charge in [-0.2, -0.15) is 0 Å². The first-order valence-electron chi connectivity index (χ1n) is 6.60. The summed E-state index contributed by atoms with van der Waals surface area (Å²) in [4.78, 5) is 11.8. The predicted octanol–water partition coefficient (Wildman–Crippen LogP) is 1.64. The molecule has 0 atom stereocenters. The van der Waals surface area contributed by atoms with Crippen molar-refractivity contribution < 1.29 is 9.21 Å². The lowest BCUT2D eigenvalue weighted by molar-refractivity contribution is -0.121. The molecule has 0 radical (unpaired) electrons. The molecule has 0 aromatic carbocycles. The molecule has 4 nitrogen and oxygen atoms in total. The highest BCUT2D eigenvalue weighted by molar-refractivity contribution is 5.77. The fraction of sp³-hybridized carbons (Fsp3) is 0.643. The second-order valence-electron chi connectivity index (χ2n) is 5.35. The summed E-state index contributed by atoms with van der Waals surface area (Å²) in [6, 6.07) is 3.75. The van der Waals surface area contributed by atoms with Crippen LogP contribution < -0.4 is 10.6 Å². The SMILES string of the molecule is CNCC1(CNC(=O)Cc2ccc(C)o2)CCC1. The van der Waals surface area contributed by atoms with E-state index in [0.717, 1.165) is 24.6 Å². The third-order valence-corrected chi connectivity index (χ3v) is 3.76. The predicted molar refractivity (Wildman–Crippen MR) is 70.4 cm³/mol. The second kappa shape index (κ2) is 5.57. The number of carbonyl (C=O) groups is 1. The van der Waals surface area contributed by atoms with Crippen molar-refractivity contribution in [2.75, 3.05) is 20.1 Å². The molecule has 0 unspecified atom stereocenters. The van der Waals surface area contributed by atoms with Crippen LogP contribution in [-0.2, 0) is 11.2 Å². The van der Waals surface area contributed by atoms with E-state index in [1.165, 1.54) is 19.3 Å². The van der Waals surface area contributed by atoms with Crippen LogP contribution in [0.3, 0.4) is 0 Å². The van der Waals surface area contributed by atoms with Gasteiger partial charge in [-0.15, -0.1) is 0 Å². The molecular weight excluding hydrogens is 228 g/mol. The number of hydrogen-bond acceptors (Lipinski definition) is 3. The van der Waals surface area contributed by atoms with E-state index in [4.69, 9.17) is 4.42 Å². The third-order valence-electron chi connectivity index (χ3n) is 3.76. The lowest BCUT2D eigenvalue weighted by Crippen LogP contribution is -2.47. The van der Waals surface area contributed by atoms with Crippen LogP contribution in [0, 0.1) is 12.3 Å². The Balaban J connectivity index is 1.77. The summed E-state index contributed by atoms with van der Waals surface area (Å²) in [5.74, 6) is 1.64. The Labute approximate surface area is 108 Å². The highest BCUT2D eigenvalue weighted by Crippen LogP contribution is 2.39. The van der Waals surface area contributed by atoms with Crippen LogP contribution in [0.15, 0.2) is 16.5 Å². The molecule has 0 aliphatic heterocycles. The third kappa shape index (κ3) is 3.13. The molecule has 100 valence electrons. The van der Waals surface area contributed by atoms with Crippen molar-refractivity contribution in [1.29, 1.82) is 0 Å². The summed E-state index contributed by atoms with van der Waals surface area (Å²) in [6.07, 6.45) is 4.01. The molecule has 1 amide bonds. The van der Waals surface area contributed by atoms with Crippen molar-refractivity contribution in [1.82, 2.24) is 10.6 Å². The van der Waals surface area contributed by atoms with Crippen LogP contribution in [-0.4, -0.2) is 26.0 Å². The van der Waals surface area contributed by atoms with Crippen LogP contribution in [0.1, 0.15) is 30.8 Å². The van der Waals surface area contributed by atoms with Gasteiger partial charge in [0.2, 0.25) is 5.91 Å². The Hall–Kier alpha value is -1.29. The van der Waals surface area contributed by atoms with Crippen LogP contribution in [0.2, 0.25) is 0 Å². The first kappa shape index (κ1) is 13.1. The van der Waals surface area contributed by atoms with E-state index in [2.05, 4.69) is 10.6 Å². The molecule has 1 aromatic rings. The van der Waals surface area contributed by atoms with Gasteiger partial charge in [-0.25, -0.2) is 0 Å². The van der Waals surface area contributed by atoms with Crippen LogP contribution >= 0.6 is 0 Å². The molecule has 1 aliphatic rings. The van der Waals surface area contributed by atoms with E-state index in [1.54, 1.807) is 0 Å². The number of furan rings is 1. The maximum atomic E-state index is 11.8. The Morgan fingerprint density at radius 3 is 2.67 bits per heavy atom. The van der Waals surface area contributed by atoms with Gasteiger partial charge in [0.1, 0.15) is 11.5 Å². The summed E-state index contributed by atoms with van der Waals surface area (Å²) in [7, 11) is 1.97. The van der Waals surface area contributed by atoms with Gasteiger partial charge in [0.15, 0.2) is 0 Å². The lowest BCUT2D eigenvalue weighted by Gasteiger charge is -2.42. The fourth-order valence-electron chi connectivity index (χ4n) is 2.55. The Morgan fingerprint density at radius 2 is 2.17 bits per heavy atom. The maximum Gasteiger partial charge on any atom is 0.227 e. The molecule has 0 bridgehead atoms. The number of carbonyl (C=O) groups excluding carboxylic acids is 1. The number of aryl methyl sites for hydroxylation is 1. The highest BCUT2D eigenvalue weighted by Gasteiger charge is 2.36. The summed E-state index contributed by atoms with van der Waals surface area (Å²) in [6.45, 7) is 3.64. The summed E-state index contributed by atoms with van der Waals surface area (Å²) in [5.41, 5.74) is 0.281. The van der Waals surface area contributed by atoms with E-state index >= 15 is 0 Å². The molecule has 1 saturated carbocycles. The van der Waals surface area contributed by atoms with Crippen molar-refractivity contribution in [2.45, 2.75) is 32.6 Å². The van der Waals surface area contributed by atoms with Crippen LogP contribution in [0.25, 0.3) is 0 Å². The monoisotopic (exact) mass is 250 g/mol. The molecule has 1 aromatic heterocycles. The summed E-state index contributed by atoms with van der Waals surface area (Å²) < 4.78 is 5.40. The zero-order chi connectivity index (χ0) is 13.0. The van der Waals surface area contributed by atoms with E-state index in [-0.39, 0.29) is 11.3 Å². The summed E-state index contributed by atoms with van der Waals surface area (Å²) >= 11 is 0. The summed E-state index contributed by atoms with van der Waals surface area (Å²) in [5, 5.41) is 6.25. The van der Waals surface area contributed by atoms with E-state index in [0.29, 0.717) is 6.42 Å². The minimum absolute atomic E-state index is 0.0479. The van der Waals surface area contributed by atoms with Crippen molar-refractivity contribution in [3.63, 3.8) is 0 Å². The van der Waals surface area contributed by atoms with Gasteiger partial charge in [-0.05, 0) is 38.9 Å². The van der Waals surface area contributed by atoms with Gasteiger partial charge in [0, 0.05) is 18.5 Å². The van der Waals surface area contributed by atoms with E-state index in [9.17, 15) is 4.79 Å². The van der Waals surface area contributed by atoms with Gasteiger partial charge < -0.3 is 15.1 Å². The van der Waals surface area contributed by atoms with E-state index < -0.39 is 0 Å². The molecule has 1 aliphatic carbocycles. The normalized spacial score (nSPS) is 17.2. The molecule has 2 N–H and O–H groups in total. The van der Waals surface area contributed by atoms with Crippen molar-refractivity contribution in [2.24, 2.45) is 5.41 Å². The van der Waals surface area contributed by atoms with Gasteiger partial charge in [0.05, 0.1) is 6.42 Å². The first-order chi connectivity index (χ1) is 8.63. The molecule has 0 saturated heterocycles. The topological polar surface area (TPSA) is 54.3 Å². The highest BCUT2D eigenvalue weighted by atomic mass is 16.3. The molecule has 0 spiro atoms. The zero-order valence-corrected chi connectivity index (χ0v) is 11.2. The van der Waals surface area contributed by atoms with Gasteiger partial charge in [-0.3, -0.25) is 4.79 Å².